The van der Waals surface area contributed by atoms with E-state index >= 15 is 0 Å². The molecule has 0 saturated carbocycles. The van der Waals surface area contributed by atoms with Crippen LogP contribution in [-0.4, -0.2) is 37.9 Å². The van der Waals surface area contributed by atoms with Gasteiger partial charge in [-0.05, 0) is 67.4 Å². The Balaban J connectivity index is 0.00000456. The molecule has 184 valence electrons. The number of hydrogen-bond acceptors (Lipinski definition) is 10. The number of hydrogen-bond donors (Lipinski definition) is 1. The zero-order valence-electron chi connectivity index (χ0n) is 20.5. The fourth-order valence-electron chi connectivity index (χ4n) is 2.90. The van der Waals surface area contributed by atoms with E-state index in [4.69, 9.17) is 9.47 Å². The smallest absolute Gasteiger partial charge is 0.744 e. The van der Waals surface area contributed by atoms with Crippen LogP contribution in [0.1, 0.15) is 18.9 Å². The number of rotatable bonds is 10. The zero-order chi connectivity index (χ0) is 25.4. The third kappa shape index (κ3) is 8.47. The van der Waals surface area contributed by atoms with Crippen molar-refractivity contribution in [3.05, 3.63) is 66.2 Å². The number of ether oxygens (including phenoxy) is 2. The quantitative estimate of drug-likeness (QED) is 0.247. The Morgan fingerprint density at radius 3 is 2.19 bits per heavy atom. The molecule has 1 unspecified atom stereocenters. The number of aryl methyl sites for hydroxylation is 1. The Labute approximate surface area is 232 Å². The molecule has 0 heterocycles. The van der Waals surface area contributed by atoms with E-state index in [1.54, 1.807) is 30.3 Å². The molecule has 3 rings (SSSR count). The monoisotopic (exact) mass is 520 g/mol. The SMILES string of the molecule is CCC(O)COc1ccc(N=Nc2ccc(N=Nc3cccc(S(=O)(=O)[O-])c3)cc2OC)cc1C.[Na+]. The summed E-state index contributed by atoms with van der Waals surface area (Å²) >= 11 is 0. The Kier molecular flexibility index (Phi) is 11.2. The van der Waals surface area contributed by atoms with Crippen molar-refractivity contribution in [3.63, 3.8) is 0 Å². The molecule has 0 aliphatic rings. The molecule has 0 aliphatic carbocycles. The summed E-state index contributed by atoms with van der Waals surface area (Å²) in [6, 6.07) is 15.6. The minimum atomic E-state index is -4.58. The van der Waals surface area contributed by atoms with Crippen molar-refractivity contribution in [1.29, 1.82) is 0 Å². The summed E-state index contributed by atoms with van der Waals surface area (Å²) in [4.78, 5) is -0.379. The Morgan fingerprint density at radius 1 is 0.917 bits per heavy atom. The van der Waals surface area contributed by atoms with Crippen LogP contribution < -0.4 is 39.0 Å². The first-order valence-corrected chi connectivity index (χ1v) is 12.1. The summed E-state index contributed by atoms with van der Waals surface area (Å²) in [5.74, 6) is 1.08. The number of benzene rings is 3. The molecule has 0 radical (unpaired) electrons. The maximum Gasteiger partial charge on any atom is 1.00 e. The van der Waals surface area contributed by atoms with Gasteiger partial charge in [-0.2, -0.15) is 15.3 Å². The summed E-state index contributed by atoms with van der Waals surface area (Å²) in [6.07, 6.45) is 0.106. The topological polar surface area (TPSA) is 145 Å². The number of aliphatic hydroxyl groups excluding tert-OH is 1. The Morgan fingerprint density at radius 2 is 1.56 bits per heavy atom. The van der Waals surface area contributed by atoms with Crippen molar-refractivity contribution in [2.24, 2.45) is 20.5 Å². The molecule has 0 saturated heterocycles. The number of nitrogens with zero attached hydrogens (tertiary/aromatic N) is 4. The molecule has 0 amide bonds. The molecule has 3 aromatic rings. The van der Waals surface area contributed by atoms with E-state index in [-0.39, 0.29) is 46.7 Å². The normalized spacial score (nSPS) is 12.5. The van der Waals surface area contributed by atoms with Crippen molar-refractivity contribution in [3.8, 4) is 11.5 Å². The van der Waals surface area contributed by atoms with E-state index in [2.05, 4.69) is 20.5 Å². The van der Waals surface area contributed by atoms with E-state index in [1.807, 2.05) is 19.9 Å². The van der Waals surface area contributed by atoms with E-state index in [0.717, 1.165) is 11.6 Å². The fourth-order valence-corrected chi connectivity index (χ4v) is 3.41. The second-order valence-electron chi connectivity index (χ2n) is 7.53. The summed E-state index contributed by atoms with van der Waals surface area (Å²) in [5.41, 5.74) is 2.60. The molecule has 3 aromatic carbocycles. The second-order valence-corrected chi connectivity index (χ2v) is 8.91. The maximum atomic E-state index is 11.2. The predicted molar refractivity (Wildman–Crippen MR) is 129 cm³/mol. The fraction of sp³-hybridized carbons (Fsp3) is 0.250. The van der Waals surface area contributed by atoms with Crippen molar-refractivity contribution in [2.45, 2.75) is 31.3 Å². The van der Waals surface area contributed by atoms with Gasteiger partial charge < -0.3 is 19.1 Å². The van der Waals surface area contributed by atoms with Crippen LogP contribution in [-0.2, 0) is 10.1 Å². The number of methoxy groups -OCH3 is 1. The van der Waals surface area contributed by atoms with Crippen molar-refractivity contribution in [1.82, 2.24) is 0 Å². The van der Waals surface area contributed by atoms with Gasteiger partial charge in [0.2, 0.25) is 0 Å². The van der Waals surface area contributed by atoms with Gasteiger partial charge in [0.1, 0.15) is 33.9 Å². The minimum Gasteiger partial charge on any atom is -0.744 e. The van der Waals surface area contributed by atoms with E-state index in [1.165, 1.54) is 25.3 Å². The van der Waals surface area contributed by atoms with Gasteiger partial charge in [-0.3, -0.25) is 0 Å². The summed E-state index contributed by atoms with van der Waals surface area (Å²) in [7, 11) is -3.09. The average molecular weight is 521 g/mol. The van der Waals surface area contributed by atoms with Gasteiger partial charge in [0.05, 0.1) is 35.2 Å². The maximum absolute atomic E-state index is 11.2. The molecule has 0 aliphatic heterocycles. The van der Waals surface area contributed by atoms with Crippen LogP contribution in [0, 0.1) is 6.92 Å². The summed E-state index contributed by atoms with van der Waals surface area (Å²) in [6.45, 7) is 3.99. The zero-order valence-corrected chi connectivity index (χ0v) is 23.3. The summed E-state index contributed by atoms with van der Waals surface area (Å²) < 4.78 is 44.5. The summed E-state index contributed by atoms with van der Waals surface area (Å²) in [5, 5.41) is 26.2. The standard InChI is InChI=1S/C24H26N4O6S.Na/c1-4-20(29)15-34-23-11-9-18(12-16(23)2)27-28-22-10-8-19(14-24(22)33-3)26-25-17-6-5-7-21(13-17)35(30,31)32;/h5-14,20,29H,4,15H2,1-3H3,(H,30,31,32);/q;+1/p-1. The van der Waals surface area contributed by atoms with Gasteiger partial charge in [-0.25, -0.2) is 8.42 Å². The molecule has 36 heavy (non-hydrogen) atoms. The van der Waals surface area contributed by atoms with Gasteiger partial charge in [-0.1, -0.05) is 13.0 Å². The third-order valence-electron chi connectivity index (χ3n) is 4.88. The first kappa shape index (κ1) is 29.6. The largest absolute Gasteiger partial charge is 1.00 e. The molecule has 12 heteroatoms. The number of aliphatic hydroxyl groups is 1. The van der Waals surface area contributed by atoms with Crippen LogP contribution in [0.25, 0.3) is 0 Å². The van der Waals surface area contributed by atoms with Crippen molar-refractivity contribution in [2.75, 3.05) is 13.7 Å². The van der Waals surface area contributed by atoms with Crippen molar-refractivity contribution < 1.29 is 57.1 Å². The molecule has 0 aromatic heterocycles. The van der Waals surface area contributed by atoms with Crippen LogP contribution in [0.4, 0.5) is 22.7 Å². The molecule has 10 nitrogen and oxygen atoms in total. The second kappa shape index (κ2) is 13.6. The first-order chi connectivity index (χ1) is 16.7. The van der Waals surface area contributed by atoms with Gasteiger partial charge >= 0.3 is 29.6 Å². The molecular formula is C24H25N4NaO6S. The van der Waals surface area contributed by atoms with E-state index in [9.17, 15) is 18.1 Å². The van der Waals surface area contributed by atoms with Crippen LogP contribution in [0.2, 0.25) is 0 Å². The minimum absolute atomic E-state index is 0. The molecule has 0 bridgehead atoms. The van der Waals surface area contributed by atoms with Crippen LogP contribution in [0.5, 0.6) is 11.5 Å². The Hall–Kier alpha value is -2.67. The third-order valence-corrected chi connectivity index (χ3v) is 5.72. The van der Waals surface area contributed by atoms with Gasteiger partial charge in [0.25, 0.3) is 0 Å². The van der Waals surface area contributed by atoms with Gasteiger partial charge in [0.15, 0.2) is 0 Å². The van der Waals surface area contributed by atoms with Crippen LogP contribution in [0.15, 0.2) is 86.0 Å². The van der Waals surface area contributed by atoms with E-state index < -0.39 is 16.2 Å². The molecular weight excluding hydrogens is 495 g/mol. The Bertz CT molecular complexity index is 1350. The molecule has 0 fully saturated rings. The van der Waals surface area contributed by atoms with Crippen LogP contribution in [0.3, 0.4) is 0 Å². The van der Waals surface area contributed by atoms with Crippen LogP contribution >= 0.6 is 0 Å². The predicted octanol–water partition coefficient (Wildman–Crippen LogP) is 2.89. The molecule has 0 spiro atoms. The van der Waals surface area contributed by atoms with Crippen molar-refractivity contribution >= 4 is 32.9 Å². The van der Waals surface area contributed by atoms with Gasteiger partial charge in [0, 0.05) is 6.07 Å². The molecule has 1 N–H and O–H groups in total. The van der Waals surface area contributed by atoms with Gasteiger partial charge in [-0.15, -0.1) is 5.11 Å². The molecule has 1 atom stereocenters. The van der Waals surface area contributed by atoms with E-state index in [0.29, 0.717) is 35.0 Å². The first-order valence-electron chi connectivity index (χ1n) is 10.7. The average Bonchev–Trinajstić information content (AvgIpc) is 2.85. The number of azo groups is 2.